The average molecular weight is 245 g/mol. The number of rotatable bonds is 2. The second-order valence-electron chi connectivity index (χ2n) is 3.26. The summed E-state index contributed by atoms with van der Waals surface area (Å²) in [6, 6.07) is 5.48. The van der Waals surface area contributed by atoms with Crippen LogP contribution in [0.2, 0.25) is 0 Å². The van der Waals surface area contributed by atoms with Gasteiger partial charge in [0.05, 0.1) is 11.4 Å². The third-order valence-corrected chi connectivity index (χ3v) is 3.08. The fourth-order valence-corrected chi connectivity index (χ4v) is 2.49. The number of nitrogens with zero attached hydrogens (tertiary/aromatic N) is 2. The van der Waals surface area contributed by atoms with Gasteiger partial charge in [-0.2, -0.15) is 0 Å². The fraction of sp³-hybridized carbons (Fsp3) is 0.222. The molecule has 0 atom stereocenters. The smallest absolute Gasteiger partial charge is 0.238 e. The standard InChI is InChI=1S/C9H9ClN2O2S/c1-7-8(6-15(10,13)14)12-5-3-2-4-9(12)11-7/h2-5H,6H2,1H3. The second kappa shape index (κ2) is 3.50. The molecule has 0 radical (unpaired) electrons. The molecule has 0 saturated heterocycles. The van der Waals surface area contributed by atoms with Gasteiger partial charge in [-0.3, -0.25) is 0 Å². The van der Waals surface area contributed by atoms with Gasteiger partial charge in [0.15, 0.2) is 0 Å². The molecule has 2 aromatic heterocycles. The molecule has 0 aliphatic heterocycles. The summed E-state index contributed by atoms with van der Waals surface area (Å²) in [5.74, 6) is -0.203. The van der Waals surface area contributed by atoms with E-state index in [2.05, 4.69) is 4.98 Å². The van der Waals surface area contributed by atoms with E-state index >= 15 is 0 Å². The average Bonchev–Trinajstić information content (AvgIpc) is 2.41. The van der Waals surface area contributed by atoms with Crippen molar-refractivity contribution in [2.75, 3.05) is 0 Å². The van der Waals surface area contributed by atoms with Gasteiger partial charge in [0.25, 0.3) is 0 Å². The molecule has 0 N–H and O–H groups in total. The van der Waals surface area contributed by atoms with Crippen molar-refractivity contribution >= 4 is 25.4 Å². The van der Waals surface area contributed by atoms with Gasteiger partial charge >= 0.3 is 0 Å². The lowest BCUT2D eigenvalue weighted by atomic mass is 10.4. The van der Waals surface area contributed by atoms with Crippen molar-refractivity contribution in [3.8, 4) is 0 Å². The van der Waals surface area contributed by atoms with Crippen LogP contribution in [0.25, 0.3) is 5.65 Å². The molecule has 0 aliphatic carbocycles. The number of hydrogen-bond acceptors (Lipinski definition) is 3. The molecule has 0 bridgehead atoms. The molecule has 0 unspecified atom stereocenters. The number of pyridine rings is 1. The van der Waals surface area contributed by atoms with Crippen molar-refractivity contribution in [2.45, 2.75) is 12.7 Å². The van der Waals surface area contributed by atoms with Gasteiger partial charge < -0.3 is 4.40 Å². The Hall–Kier alpha value is -1.07. The minimum atomic E-state index is -3.55. The van der Waals surface area contributed by atoms with Crippen LogP contribution < -0.4 is 0 Å². The van der Waals surface area contributed by atoms with E-state index in [1.165, 1.54) is 0 Å². The Morgan fingerprint density at radius 3 is 2.87 bits per heavy atom. The summed E-state index contributed by atoms with van der Waals surface area (Å²) in [5.41, 5.74) is 2.02. The fourth-order valence-electron chi connectivity index (χ4n) is 1.50. The van der Waals surface area contributed by atoms with E-state index < -0.39 is 9.05 Å². The molecule has 0 fully saturated rings. The second-order valence-corrected chi connectivity index (χ2v) is 6.03. The van der Waals surface area contributed by atoms with Gasteiger partial charge in [0.1, 0.15) is 11.4 Å². The molecule has 0 aromatic carbocycles. The number of fused-ring (bicyclic) bond motifs is 1. The molecular formula is C9H9ClN2O2S. The van der Waals surface area contributed by atoms with Crippen LogP contribution in [-0.2, 0) is 14.8 Å². The Bertz CT molecular complexity index is 604. The van der Waals surface area contributed by atoms with E-state index in [1.54, 1.807) is 17.5 Å². The topological polar surface area (TPSA) is 51.4 Å². The first-order valence-electron chi connectivity index (χ1n) is 4.32. The van der Waals surface area contributed by atoms with Crippen molar-refractivity contribution in [2.24, 2.45) is 0 Å². The Morgan fingerprint density at radius 1 is 1.47 bits per heavy atom. The lowest BCUT2D eigenvalue weighted by molar-refractivity contribution is 0.608. The Kier molecular flexibility index (Phi) is 2.44. The van der Waals surface area contributed by atoms with E-state index in [4.69, 9.17) is 10.7 Å². The summed E-state index contributed by atoms with van der Waals surface area (Å²) >= 11 is 0. The minimum absolute atomic E-state index is 0.203. The maximum Gasteiger partial charge on any atom is 0.238 e. The molecule has 0 spiro atoms. The van der Waals surface area contributed by atoms with Crippen molar-refractivity contribution in [1.82, 2.24) is 9.38 Å². The maximum absolute atomic E-state index is 11.0. The molecule has 0 amide bonds. The van der Waals surface area contributed by atoms with Gasteiger partial charge in [-0.25, -0.2) is 13.4 Å². The van der Waals surface area contributed by atoms with Gasteiger partial charge in [0, 0.05) is 16.9 Å². The first kappa shape index (κ1) is 10.4. The Morgan fingerprint density at radius 2 is 2.20 bits per heavy atom. The van der Waals surface area contributed by atoms with Crippen LogP contribution in [0.5, 0.6) is 0 Å². The summed E-state index contributed by atoms with van der Waals surface area (Å²) in [5, 5.41) is 0. The summed E-state index contributed by atoms with van der Waals surface area (Å²) in [6.07, 6.45) is 1.77. The first-order valence-corrected chi connectivity index (χ1v) is 6.80. The zero-order valence-corrected chi connectivity index (χ0v) is 9.59. The summed E-state index contributed by atoms with van der Waals surface area (Å²) in [4.78, 5) is 4.24. The lowest BCUT2D eigenvalue weighted by Gasteiger charge is -1.99. The van der Waals surface area contributed by atoms with Gasteiger partial charge in [0.2, 0.25) is 9.05 Å². The van der Waals surface area contributed by atoms with E-state index in [0.717, 1.165) is 5.65 Å². The van der Waals surface area contributed by atoms with Crippen molar-refractivity contribution < 1.29 is 8.42 Å². The molecule has 6 heteroatoms. The SMILES string of the molecule is Cc1nc2ccccn2c1CS(=O)(=O)Cl. The quantitative estimate of drug-likeness (QED) is 0.756. The van der Waals surface area contributed by atoms with E-state index in [9.17, 15) is 8.42 Å². The highest BCUT2D eigenvalue weighted by molar-refractivity contribution is 8.13. The van der Waals surface area contributed by atoms with Gasteiger partial charge in [-0.15, -0.1) is 0 Å². The monoisotopic (exact) mass is 244 g/mol. The van der Waals surface area contributed by atoms with Crippen LogP contribution in [0.1, 0.15) is 11.4 Å². The Labute approximate surface area is 91.9 Å². The first-order chi connectivity index (χ1) is 6.97. The summed E-state index contributed by atoms with van der Waals surface area (Å²) in [6.45, 7) is 1.77. The van der Waals surface area contributed by atoms with Crippen LogP contribution in [0.15, 0.2) is 24.4 Å². The third-order valence-electron chi connectivity index (χ3n) is 2.14. The van der Waals surface area contributed by atoms with Crippen molar-refractivity contribution in [3.05, 3.63) is 35.8 Å². The third kappa shape index (κ3) is 2.13. The zero-order chi connectivity index (χ0) is 11.1. The molecule has 80 valence electrons. The highest BCUT2D eigenvalue weighted by Gasteiger charge is 2.14. The van der Waals surface area contributed by atoms with Gasteiger partial charge in [-0.05, 0) is 19.1 Å². The predicted molar refractivity (Wildman–Crippen MR) is 58.4 cm³/mol. The van der Waals surface area contributed by atoms with Gasteiger partial charge in [-0.1, -0.05) is 6.07 Å². The van der Waals surface area contributed by atoms with E-state index in [-0.39, 0.29) is 5.75 Å². The number of aromatic nitrogens is 2. The van der Waals surface area contributed by atoms with Crippen LogP contribution in [0.3, 0.4) is 0 Å². The molecule has 0 saturated carbocycles. The van der Waals surface area contributed by atoms with E-state index in [1.807, 2.05) is 18.2 Å². The molecule has 2 heterocycles. The van der Waals surface area contributed by atoms with Crippen LogP contribution in [0, 0.1) is 6.92 Å². The number of halogens is 1. The van der Waals surface area contributed by atoms with Crippen LogP contribution in [-0.4, -0.2) is 17.8 Å². The number of imidazole rings is 1. The predicted octanol–water partition coefficient (Wildman–Crippen LogP) is 1.71. The number of aryl methyl sites for hydroxylation is 1. The minimum Gasteiger partial charge on any atom is -0.303 e. The summed E-state index contributed by atoms with van der Waals surface area (Å²) < 4.78 is 23.8. The molecule has 2 rings (SSSR count). The molecule has 15 heavy (non-hydrogen) atoms. The molecular weight excluding hydrogens is 236 g/mol. The molecule has 2 aromatic rings. The van der Waals surface area contributed by atoms with Crippen molar-refractivity contribution in [3.63, 3.8) is 0 Å². The summed E-state index contributed by atoms with van der Waals surface area (Å²) in [7, 11) is 1.68. The largest absolute Gasteiger partial charge is 0.303 e. The van der Waals surface area contributed by atoms with Crippen LogP contribution in [0.4, 0.5) is 0 Å². The molecule has 4 nitrogen and oxygen atoms in total. The number of hydrogen-bond donors (Lipinski definition) is 0. The lowest BCUT2D eigenvalue weighted by Crippen LogP contribution is -2.00. The van der Waals surface area contributed by atoms with Crippen molar-refractivity contribution in [1.29, 1.82) is 0 Å². The zero-order valence-electron chi connectivity index (χ0n) is 8.01. The molecule has 0 aliphatic rings. The normalized spacial score (nSPS) is 12.1. The van der Waals surface area contributed by atoms with Crippen LogP contribution >= 0.6 is 10.7 Å². The maximum atomic E-state index is 11.0. The highest BCUT2D eigenvalue weighted by atomic mass is 35.7. The van der Waals surface area contributed by atoms with E-state index in [0.29, 0.717) is 11.4 Å². The Balaban J connectivity index is 2.64. The highest BCUT2D eigenvalue weighted by Crippen LogP contribution is 2.16.